The van der Waals surface area contributed by atoms with Crippen LogP contribution in [0.15, 0.2) is 78.3 Å². The predicted octanol–water partition coefficient (Wildman–Crippen LogP) is 8.81. The Morgan fingerprint density at radius 3 is 2.34 bits per heavy atom. The van der Waals surface area contributed by atoms with E-state index in [0.717, 1.165) is 74.1 Å². The molecule has 2 saturated carbocycles. The van der Waals surface area contributed by atoms with Gasteiger partial charge in [-0.05, 0) is 98.2 Å². The summed E-state index contributed by atoms with van der Waals surface area (Å²) in [6.07, 6.45) is 6.40. The number of nitrogens with one attached hydrogen (secondary N) is 3. The topological polar surface area (TPSA) is 161 Å². The molecule has 9 rings (SSSR count). The van der Waals surface area contributed by atoms with Crippen LogP contribution < -0.4 is 29.9 Å². The fourth-order valence-electron chi connectivity index (χ4n) is 11.9. The van der Waals surface area contributed by atoms with Crippen LogP contribution >= 0.6 is 0 Å². The zero-order valence-electron chi connectivity index (χ0n) is 41.3. The number of benzene rings is 3. The van der Waals surface area contributed by atoms with Crippen molar-refractivity contribution >= 4 is 29.0 Å². The number of carbonyl (C=O) groups excluding carboxylic acids is 2. The van der Waals surface area contributed by atoms with E-state index in [0.29, 0.717) is 59.0 Å². The SMILES string of the molecule is COc1cc(OC2C(C)(C)C(NC(=O)c3ccc(N4CC(OC5CCC(NC6=C(C(=N)N7CCCc8cc(-c9cnn(C)c9)c(C(F)F)cc87)CN(C(C)=O)CC6)CC5)C4)cc3)C2(C)C)ccc1C#N.[HH]. The third-order valence-corrected chi connectivity index (χ3v) is 15.4. The number of aryl methyl sites for hydroxylation is 2. The molecule has 3 aliphatic heterocycles. The highest BCUT2D eigenvalue weighted by atomic mass is 19.3. The Kier molecular flexibility index (Phi) is 13.4. The van der Waals surface area contributed by atoms with Crippen LogP contribution in [0.2, 0.25) is 0 Å². The quantitative estimate of drug-likeness (QED) is 0.0873. The molecule has 0 unspecified atom stereocenters. The maximum absolute atomic E-state index is 14.6. The van der Waals surface area contributed by atoms with E-state index in [4.69, 9.17) is 14.2 Å². The van der Waals surface area contributed by atoms with Crippen molar-refractivity contribution in [2.45, 2.75) is 116 Å². The van der Waals surface area contributed by atoms with E-state index >= 15 is 0 Å². The monoisotopic (exact) mass is 960 g/mol. The van der Waals surface area contributed by atoms with Crippen molar-refractivity contribution in [2.24, 2.45) is 17.9 Å². The van der Waals surface area contributed by atoms with Crippen LogP contribution in [0.5, 0.6) is 11.5 Å². The lowest BCUT2D eigenvalue weighted by Gasteiger charge is -2.63. The van der Waals surface area contributed by atoms with E-state index in [1.54, 1.807) is 60.2 Å². The zero-order valence-corrected chi connectivity index (χ0v) is 41.3. The Morgan fingerprint density at radius 1 is 0.971 bits per heavy atom. The first-order valence-electron chi connectivity index (χ1n) is 24.6. The van der Waals surface area contributed by atoms with Gasteiger partial charge < -0.3 is 39.5 Å². The largest absolute Gasteiger partial charge is 0.495 e. The summed E-state index contributed by atoms with van der Waals surface area (Å²) in [5.74, 6) is 1.14. The average molecular weight is 960 g/mol. The molecule has 3 aromatic carbocycles. The smallest absolute Gasteiger partial charge is 0.264 e. The minimum Gasteiger partial charge on any atom is -0.495 e. The standard InChI is InChI=1S/C54H65F2N9O5.H2/c1-32(66)63-22-20-45(44(31-63)49(58)65-21-8-9-34-23-42(36-27-59-62(6)28-36)43(48(55)56)25-46(34)65)60-37-13-18-39(19-14-37)69-41-29-64(30-41)38-15-10-33(11-16-38)50(67)61-51-53(2,3)52(54(51,4)5)70-40-17-12-35(26-57)47(24-40)68-7;/h10-12,15-17,23-25,27-28,37,39,41,48,51-52,58,60H,8-9,13-14,18-22,29-31H2,1-7H3,(H,61,67);1H. The van der Waals surface area contributed by atoms with Gasteiger partial charge >= 0.3 is 0 Å². The maximum Gasteiger partial charge on any atom is 0.264 e. The molecule has 3 fully saturated rings. The number of amidine groups is 1. The number of nitriles is 1. The molecule has 0 bridgehead atoms. The number of hydrogen-bond donors (Lipinski definition) is 3. The van der Waals surface area contributed by atoms with Gasteiger partial charge in [0.05, 0.1) is 37.6 Å². The lowest BCUT2D eigenvalue weighted by Crippen LogP contribution is -2.74. The van der Waals surface area contributed by atoms with Crippen LogP contribution in [-0.2, 0) is 23.0 Å². The van der Waals surface area contributed by atoms with Crippen molar-refractivity contribution in [3.05, 3.63) is 101 Å². The number of halogens is 2. The summed E-state index contributed by atoms with van der Waals surface area (Å²) >= 11 is 0. The number of anilines is 2. The number of nitrogens with zero attached hydrogens (tertiary/aromatic N) is 6. The fourth-order valence-corrected chi connectivity index (χ4v) is 11.9. The summed E-state index contributed by atoms with van der Waals surface area (Å²) in [6.45, 7) is 12.9. The maximum atomic E-state index is 14.6. The molecule has 372 valence electrons. The van der Waals surface area contributed by atoms with Crippen molar-refractivity contribution in [3.8, 4) is 28.7 Å². The summed E-state index contributed by atoms with van der Waals surface area (Å²) in [7, 11) is 3.29. The number of amides is 2. The zero-order chi connectivity index (χ0) is 49.6. The second kappa shape index (κ2) is 19.4. The van der Waals surface area contributed by atoms with Crippen LogP contribution in [0.25, 0.3) is 11.1 Å². The third kappa shape index (κ3) is 9.44. The third-order valence-electron chi connectivity index (χ3n) is 15.4. The van der Waals surface area contributed by atoms with Crippen molar-refractivity contribution in [2.75, 3.05) is 49.6 Å². The molecule has 0 spiro atoms. The van der Waals surface area contributed by atoms with Crippen LogP contribution in [0.1, 0.15) is 108 Å². The van der Waals surface area contributed by atoms with Gasteiger partial charge in [-0.3, -0.25) is 19.7 Å². The summed E-state index contributed by atoms with van der Waals surface area (Å²) in [4.78, 5) is 32.1. The number of aromatic nitrogens is 2. The van der Waals surface area contributed by atoms with Crippen LogP contribution in [0.4, 0.5) is 20.2 Å². The average Bonchev–Trinajstić information content (AvgIpc) is 3.78. The lowest BCUT2D eigenvalue weighted by atomic mass is 9.49. The minimum absolute atomic E-state index is 0. The van der Waals surface area contributed by atoms with Gasteiger partial charge in [0.25, 0.3) is 12.3 Å². The Balaban J connectivity index is 0.00000676. The van der Waals surface area contributed by atoms with Crippen molar-refractivity contribution in [1.29, 1.82) is 10.7 Å². The van der Waals surface area contributed by atoms with E-state index in [-0.39, 0.29) is 72.4 Å². The number of rotatable bonds is 13. The molecule has 5 aliphatic rings. The molecule has 3 N–H and O–H groups in total. The Hall–Kier alpha value is -6.47. The summed E-state index contributed by atoms with van der Waals surface area (Å²) in [6, 6.07) is 18.5. The van der Waals surface area contributed by atoms with Crippen LogP contribution in [0, 0.1) is 27.6 Å². The number of hydrogen-bond acceptors (Lipinski definition) is 10. The second-order valence-electron chi connectivity index (χ2n) is 20.9. The first-order valence-corrected chi connectivity index (χ1v) is 24.6. The molecule has 4 aromatic rings. The van der Waals surface area contributed by atoms with Crippen LogP contribution in [-0.4, -0.2) is 103 Å². The van der Waals surface area contributed by atoms with Gasteiger partial charge in [-0.25, -0.2) is 8.78 Å². The number of methoxy groups -OCH3 is 1. The van der Waals surface area contributed by atoms with Gasteiger partial charge in [0.15, 0.2) is 0 Å². The molecule has 1 aromatic heterocycles. The highest BCUT2D eigenvalue weighted by Crippen LogP contribution is 2.56. The van der Waals surface area contributed by atoms with Gasteiger partial charge in [0.2, 0.25) is 5.91 Å². The van der Waals surface area contributed by atoms with Crippen molar-refractivity contribution in [1.82, 2.24) is 25.3 Å². The van der Waals surface area contributed by atoms with Gasteiger partial charge in [-0.15, -0.1) is 0 Å². The highest BCUT2D eigenvalue weighted by molar-refractivity contribution is 6.09. The van der Waals surface area contributed by atoms with E-state index in [1.807, 2.05) is 35.2 Å². The molecule has 16 heteroatoms. The van der Waals surface area contributed by atoms with Gasteiger partial charge in [0.1, 0.15) is 29.5 Å². The lowest BCUT2D eigenvalue weighted by molar-refractivity contribution is -0.164. The van der Waals surface area contributed by atoms with Crippen molar-refractivity contribution < 1.29 is 34.0 Å². The van der Waals surface area contributed by atoms with E-state index < -0.39 is 6.43 Å². The molecule has 70 heavy (non-hydrogen) atoms. The molecule has 0 radical (unpaired) electrons. The summed E-state index contributed by atoms with van der Waals surface area (Å²) in [5, 5.41) is 30.3. The molecule has 2 amide bonds. The Bertz CT molecular complexity index is 2700. The Labute approximate surface area is 410 Å². The van der Waals surface area contributed by atoms with E-state index in [1.165, 1.54) is 7.11 Å². The number of carbonyl (C=O) groups is 2. The summed E-state index contributed by atoms with van der Waals surface area (Å²) in [5.41, 5.74) is 5.59. The van der Waals surface area contributed by atoms with Gasteiger partial charge in [-0.2, -0.15) is 10.4 Å². The van der Waals surface area contributed by atoms with E-state index in [9.17, 15) is 29.0 Å². The normalized spacial score (nSPS) is 22.9. The van der Waals surface area contributed by atoms with Gasteiger partial charge in [-0.1, -0.05) is 27.7 Å². The van der Waals surface area contributed by atoms with E-state index in [2.05, 4.69) is 54.4 Å². The molecule has 0 atom stereocenters. The fraction of sp³-hybridized carbons (Fsp3) is 0.500. The number of ether oxygens (including phenoxy) is 3. The minimum atomic E-state index is -2.70. The Morgan fingerprint density at radius 2 is 1.70 bits per heavy atom. The predicted molar refractivity (Wildman–Crippen MR) is 267 cm³/mol. The molecule has 1 saturated heterocycles. The first kappa shape index (κ1) is 48.5. The molecule has 4 heterocycles. The molecular formula is C54H67F2N9O5. The molecule has 2 aliphatic carbocycles. The second-order valence-corrected chi connectivity index (χ2v) is 20.9. The number of alkyl halides is 2. The summed E-state index contributed by atoms with van der Waals surface area (Å²) < 4.78 is 49.3. The highest BCUT2D eigenvalue weighted by Gasteiger charge is 2.64. The van der Waals surface area contributed by atoms with Crippen LogP contribution in [0.3, 0.4) is 0 Å². The molecular weight excluding hydrogens is 893 g/mol. The number of fused-ring (bicyclic) bond motifs is 1. The van der Waals surface area contributed by atoms with Crippen molar-refractivity contribution in [3.63, 3.8) is 0 Å². The first-order chi connectivity index (χ1) is 33.4. The van der Waals surface area contributed by atoms with Gasteiger partial charge in [0, 0.05) is 123 Å². The molecule has 14 nitrogen and oxygen atoms in total.